The Balaban J connectivity index is 3.45. The summed E-state index contributed by atoms with van der Waals surface area (Å²) < 4.78 is 9.95. The molecular formula is C10H21NO3. The third-order valence-electron chi connectivity index (χ3n) is 1.95. The number of esters is 1. The van der Waals surface area contributed by atoms with Crippen LogP contribution in [0.3, 0.4) is 0 Å². The minimum Gasteiger partial charge on any atom is -0.463 e. The van der Waals surface area contributed by atoms with Crippen molar-refractivity contribution in [1.29, 1.82) is 0 Å². The molecule has 4 heteroatoms. The zero-order valence-electron chi connectivity index (χ0n) is 9.29. The molecule has 0 aliphatic rings. The largest absolute Gasteiger partial charge is 0.463 e. The van der Waals surface area contributed by atoms with Gasteiger partial charge in [0.1, 0.15) is 6.61 Å². The second kappa shape index (κ2) is 7.76. The summed E-state index contributed by atoms with van der Waals surface area (Å²) in [5, 5.41) is 0. The van der Waals surface area contributed by atoms with E-state index in [2.05, 4.69) is 0 Å². The predicted molar refractivity (Wildman–Crippen MR) is 54.9 cm³/mol. The summed E-state index contributed by atoms with van der Waals surface area (Å²) >= 11 is 0. The van der Waals surface area contributed by atoms with E-state index in [1.54, 1.807) is 0 Å². The van der Waals surface area contributed by atoms with Crippen LogP contribution in [0.4, 0.5) is 0 Å². The van der Waals surface area contributed by atoms with Gasteiger partial charge in [-0.2, -0.15) is 0 Å². The van der Waals surface area contributed by atoms with Gasteiger partial charge >= 0.3 is 5.97 Å². The molecule has 0 radical (unpaired) electrons. The van der Waals surface area contributed by atoms with E-state index in [-0.39, 0.29) is 18.4 Å². The number of hydrogen-bond acceptors (Lipinski definition) is 4. The fourth-order valence-corrected chi connectivity index (χ4v) is 0.846. The van der Waals surface area contributed by atoms with Gasteiger partial charge in [0.05, 0.1) is 13.0 Å². The van der Waals surface area contributed by atoms with Gasteiger partial charge in [-0.15, -0.1) is 0 Å². The minimum absolute atomic E-state index is 0.116. The van der Waals surface area contributed by atoms with E-state index in [1.807, 2.05) is 20.8 Å². The Hall–Kier alpha value is -0.610. The molecule has 2 N–H and O–H groups in total. The van der Waals surface area contributed by atoms with Gasteiger partial charge in [0, 0.05) is 12.6 Å². The maximum atomic E-state index is 11.2. The lowest BCUT2D eigenvalue weighted by Crippen LogP contribution is -2.30. The van der Waals surface area contributed by atoms with E-state index in [1.165, 1.54) is 0 Å². The number of ether oxygens (including phenoxy) is 2. The van der Waals surface area contributed by atoms with Gasteiger partial charge in [-0.1, -0.05) is 13.8 Å². The lowest BCUT2D eigenvalue weighted by molar-refractivity contribution is -0.145. The van der Waals surface area contributed by atoms with Gasteiger partial charge in [0.25, 0.3) is 0 Å². The molecule has 0 aromatic carbocycles. The quantitative estimate of drug-likeness (QED) is 0.494. The molecule has 0 bridgehead atoms. The molecule has 0 aliphatic carbocycles. The summed E-state index contributed by atoms with van der Waals surface area (Å²) in [5.41, 5.74) is 5.72. The van der Waals surface area contributed by atoms with Crippen molar-refractivity contribution in [3.8, 4) is 0 Å². The Morgan fingerprint density at radius 3 is 2.50 bits per heavy atom. The summed E-state index contributed by atoms with van der Waals surface area (Å²) in [6, 6.07) is -0.116. The molecule has 1 atom stereocenters. The standard InChI is InChI=1S/C10H21NO3/c1-4-13-5-6-14-10(12)7-9(11)8(2)3/h8-9H,4-7,11H2,1-3H3. The van der Waals surface area contributed by atoms with Crippen LogP contribution in [0, 0.1) is 5.92 Å². The molecule has 0 aliphatic heterocycles. The van der Waals surface area contributed by atoms with Crippen molar-refractivity contribution in [1.82, 2.24) is 0 Å². The molecule has 0 saturated carbocycles. The number of rotatable bonds is 7. The van der Waals surface area contributed by atoms with Crippen LogP contribution in [0.5, 0.6) is 0 Å². The first-order valence-electron chi connectivity index (χ1n) is 5.06. The number of hydrogen-bond donors (Lipinski definition) is 1. The van der Waals surface area contributed by atoms with Crippen LogP contribution in [-0.4, -0.2) is 31.8 Å². The van der Waals surface area contributed by atoms with Gasteiger partial charge in [-0.3, -0.25) is 4.79 Å². The van der Waals surface area contributed by atoms with Crippen LogP contribution in [-0.2, 0) is 14.3 Å². The third kappa shape index (κ3) is 6.86. The van der Waals surface area contributed by atoms with Crippen molar-refractivity contribution in [2.45, 2.75) is 33.2 Å². The smallest absolute Gasteiger partial charge is 0.307 e. The van der Waals surface area contributed by atoms with Crippen LogP contribution >= 0.6 is 0 Å². The summed E-state index contributed by atoms with van der Waals surface area (Å²) in [4.78, 5) is 11.2. The van der Waals surface area contributed by atoms with Crippen LogP contribution in [0.15, 0.2) is 0 Å². The van der Waals surface area contributed by atoms with Crippen LogP contribution in [0.2, 0.25) is 0 Å². The molecule has 14 heavy (non-hydrogen) atoms. The van der Waals surface area contributed by atoms with E-state index >= 15 is 0 Å². The summed E-state index contributed by atoms with van der Waals surface area (Å²) in [6.07, 6.45) is 0.282. The maximum absolute atomic E-state index is 11.2. The van der Waals surface area contributed by atoms with Crippen molar-refractivity contribution in [3.63, 3.8) is 0 Å². The third-order valence-corrected chi connectivity index (χ3v) is 1.95. The fraction of sp³-hybridized carbons (Fsp3) is 0.900. The van der Waals surface area contributed by atoms with E-state index in [4.69, 9.17) is 15.2 Å². The van der Waals surface area contributed by atoms with E-state index in [0.29, 0.717) is 25.7 Å². The van der Waals surface area contributed by atoms with Crippen molar-refractivity contribution >= 4 is 5.97 Å². The van der Waals surface area contributed by atoms with Crippen LogP contribution in [0.1, 0.15) is 27.2 Å². The summed E-state index contributed by atoms with van der Waals surface area (Å²) in [7, 11) is 0. The van der Waals surface area contributed by atoms with Crippen LogP contribution in [0.25, 0.3) is 0 Å². The molecule has 1 unspecified atom stereocenters. The molecule has 4 nitrogen and oxygen atoms in total. The molecule has 0 spiro atoms. The lowest BCUT2D eigenvalue weighted by atomic mass is 10.0. The monoisotopic (exact) mass is 203 g/mol. The normalized spacial score (nSPS) is 12.9. The predicted octanol–water partition coefficient (Wildman–Crippen LogP) is 0.940. The number of carbonyl (C=O) groups is 1. The van der Waals surface area contributed by atoms with Gasteiger partial charge in [0.15, 0.2) is 0 Å². The topological polar surface area (TPSA) is 61.5 Å². The van der Waals surface area contributed by atoms with Gasteiger partial charge in [-0.05, 0) is 12.8 Å². The Kier molecular flexibility index (Phi) is 7.42. The highest BCUT2D eigenvalue weighted by atomic mass is 16.6. The van der Waals surface area contributed by atoms with Gasteiger partial charge < -0.3 is 15.2 Å². The fourth-order valence-electron chi connectivity index (χ4n) is 0.846. The van der Waals surface area contributed by atoms with Crippen molar-refractivity contribution < 1.29 is 14.3 Å². The number of nitrogens with two attached hydrogens (primary N) is 1. The zero-order valence-corrected chi connectivity index (χ0v) is 9.29. The maximum Gasteiger partial charge on any atom is 0.307 e. The molecule has 0 amide bonds. The first-order chi connectivity index (χ1) is 6.57. The molecule has 84 valence electrons. The van der Waals surface area contributed by atoms with Crippen molar-refractivity contribution in [2.75, 3.05) is 19.8 Å². The highest BCUT2D eigenvalue weighted by molar-refractivity contribution is 5.70. The SMILES string of the molecule is CCOCCOC(=O)CC(N)C(C)C. The van der Waals surface area contributed by atoms with Gasteiger partial charge in [0.2, 0.25) is 0 Å². The average molecular weight is 203 g/mol. The molecule has 0 fully saturated rings. The Bertz CT molecular complexity index is 159. The first kappa shape index (κ1) is 13.4. The zero-order chi connectivity index (χ0) is 11.0. The van der Waals surface area contributed by atoms with Crippen LogP contribution < -0.4 is 5.73 Å². The van der Waals surface area contributed by atoms with Crippen molar-refractivity contribution in [2.24, 2.45) is 11.7 Å². The highest BCUT2D eigenvalue weighted by Crippen LogP contribution is 2.03. The molecule has 0 aromatic heterocycles. The molecule has 0 saturated heterocycles. The Morgan fingerprint density at radius 1 is 1.36 bits per heavy atom. The van der Waals surface area contributed by atoms with E-state index in [9.17, 15) is 4.79 Å². The lowest BCUT2D eigenvalue weighted by Gasteiger charge is -2.14. The molecule has 0 rings (SSSR count). The second-order valence-electron chi connectivity index (χ2n) is 3.53. The molecule has 0 aromatic rings. The summed E-state index contributed by atoms with van der Waals surface area (Å²) in [6.45, 7) is 7.28. The van der Waals surface area contributed by atoms with E-state index in [0.717, 1.165) is 0 Å². The van der Waals surface area contributed by atoms with Gasteiger partial charge in [-0.25, -0.2) is 0 Å². The molecular weight excluding hydrogens is 182 g/mol. The second-order valence-corrected chi connectivity index (χ2v) is 3.53. The van der Waals surface area contributed by atoms with Crippen molar-refractivity contribution in [3.05, 3.63) is 0 Å². The Labute approximate surface area is 85.8 Å². The first-order valence-corrected chi connectivity index (χ1v) is 5.06. The molecule has 0 heterocycles. The summed E-state index contributed by atoms with van der Waals surface area (Å²) in [5.74, 6) is 0.0559. The number of carbonyl (C=O) groups excluding carboxylic acids is 1. The average Bonchev–Trinajstić information content (AvgIpc) is 2.12. The highest BCUT2D eigenvalue weighted by Gasteiger charge is 2.13. The Morgan fingerprint density at radius 2 is 2.00 bits per heavy atom. The minimum atomic E-state index is -0.245. The van der Waals surface area contributed by atoms with E-state index < -0.39 is 0 Å².